The molecule has 0 unspecified atom stereocenters. The quantitative estimate of drug-likeness (QED) is 0.234. The lowest BCUT2D eigenvalue weighted by Crippen LogP contribution is -2.55. The smallest absolute Gasteiger partial charge is 0.326 e. The largest absolute Gasteiger partial charge is 0.465 e. The molecule has 0 amide bonds. The number of benzene rings is 1. The van der Waals surface area contributed by atoms with E-state index in [4.69, 9.17) is 19.6 Å². The van der Waals surface area contributed by atoms with E-state index in [0.717, 1.165) is 10.4 Å². The highest BCUT2D eigenvalue weighted by atomic mass is 32.1. The average Bonchev–Trinajstić information content (AvgIpc) is 3.46. The van der Waals surface area contributed by atoms with Crippen LogP contribution < -0.4 is 21.4 Å². The Morgan fingerprint density at radius 1 is 0.973 bits per heavy atom. The van der Waals surface area contributed by atoms with Gasteiger partial charge in [-0.3, -0.25) is 14.2 Å². The minimum Gasteiger partial charge on any atom is -0.465 e. The first-order valence-corrected chi connectivity index (χ1v) is 14.3. The van der Waals surface area contributed by atoms with Gasteiger partial charge < -0.3 is 19.6 Å². The zero-order valence-corrected chi connectivity index (χ0v) is 23.5. The second-order valence-electron chi connectivity index (χ2n) is 9.26. The van der Waals surface area contributed by atoms with E-state index >= 15 is 0 Å². The highest BCUT2D eigenvalue weighted by Crippen LogP contribution is 2.44. The molecule has 0 spiro atoms. The summed E-state index contributed by atoms with van der Waals surface area (Å²) in [5.74, 6) is -0.902. The van der Waals surface area contributed by atoms with Crippen molar-refractivity contribution in [2.45, 2.75) is 52.6 Å². The second-order valence-corrected chi connectivity index (χ2v) is 12.4. The molecule has 0 radical (unpaired) electrons. The summed E-state index contributed by atoms with van der Waals surface area (Å²) < 4.78 is 30.9. The molecule has 200 valence electrons. The van der Waals surface area contributed by atoms with Crippen LogP contribution in [-0.4, -0.2) is 41.2 Å². The number of hydrogen-bond donors (Lipinski definition) is 3. The Kier molecular flexibility index (Phi) is 8.64. The third-order valence-electron chi connectivity index (χ3n) is 5.26. The summed E-state index contributed by atoms with van der Waals surface area (Å²) in [4.78, 5) is 30.5. The molecule has 0 bridgehead atoms. The maximum absolute atomic E-state index is 14.5. The highest BCUT2D eigenvalue weighted by Gasteiger charge is 2.45. The maximum atomic E-state index is 14.5. The van der Waals surface area contributed by atoms with Gasteiger partial charge in [0.15, 0.2) is 16.4 Å². The highest BCUT2D eigenvalue weighted by molar-refractivity contribution is 7.67. The number of nitrogens with zero attached hydrogens (tertiary/aromatic N) is 1. The van der Waals surface area contributed by atoms with Crippen molar-refractivity contribution in [3.63, 3.8) is 0 Å². The van der Waals surface area contributed by atoms with Gasteiger partial charge in [-0.25, -0.2) is 15.2 Å². The number of furan rings is 1. The van der Waals surface area contributed by atoms with Crippen molar-refractivity contribution in [2.24, 2.45) is 0 Å². The van der Waals surface area contributed by atoms with Crippen molar-refractivity contribution in [1.82, 2.24) is 15.2 Å². The molecular formula is C25H33N4O6PS. The molecule has 1 aromatic carbocycles. The van der Waals surface area contributed by atoms with Gasteiger partial charge in [0.2, 0.25) is 0 Å². The summed E-state index contributed by atoms with van der Waals surface area (Å²) in [6.45, 7) is 9.80. The Bertz CT molecular complexity index is 1270. The van der Waals surface area contributed by atoms with Crippen LogP contribution in [0.5, 0.6) is 0 Å². The van der Waals surface area contributed by atoms with Crippen LogP contribution in [0.15, 0.2) is 46.9 Å². The lowest BCUT2D eigenvalue weighted by molar-refractivity contribution is -0.149. The fourth-order valence-corrected chi connectivity index (χ4v) is 6.94. The van der Waals surface area contributed by atoms with Gasteiger partial charge in [-0.1, -0.05) is 41.7 Å². The van der Waals surface area contributed by atoms with Crippen LogP contribution in [0, 0.1) is 0 Å². The molecule has 2 aromatic heterocycles. The van der Waals surface area contributed by atoms with Crippen LogP contribution >= 0.6 is 18.8 Å². The third-order valence-corrected chi connectivity index (χ3v) is 8.80. The maximum Gasteiger partial charge on any atom is 0.326 e. The number of anilines is 1. The van der Waals surface area contributed by atoms with Crippen LogP contribution in [-0.2, 0) is 23.6 Å². The number of nitrogens with one attached hydrogen (secondary N) is 2. The number of nitrogens with two attached hydrogens (primary N) is 1. The van der Waals surface area contributed by atoms with Crippen LogP contribution in [0.1, 0.15) is 41.5 Å². The molecule has 0 aliphatic rings. The molecule has 0 fully saturated rings. The van der Waals surface area contributed by atoms with Gasteiger partial charge in [-0.2, -0.15) is 0 Å². The van der Waals surface area contributed by atoms with Gasteiger partial charge in [0, 0.05) is 0 Å². The molecular weight excluding hydrogens is 515 g/mol. The number of carbonyl (C=O) groups excluding carboxylic acids is 2. The fraction of sp³-hybridized carbons (Fsp3) is 0.400. The van der Waals surface area contributed by atoms with Gasteiger partial charge in [-0.15, -0.1) is 0 Å². The summed E-state index contributed by atoms with van der Waals surface area (Å²) in [5, 5.41) is 6.08. The van der Waals surface area contributed by atoms with E-state index in [9.17, 15) is 14.2 Å². The SMILES string of the molecule is CCOC(=O)C(C)(C)NP(=O)(NC(C)(C)C(=O)OCC)c1ccc(-c2nc(N)sc2-c2ccccc2)o1. The molecule has 10 nitrogen and oxygen atoms in total. The molecule has 2 heterocycles. The van der Waals surface area contributed by atoms with Gasteiger partial charge in [0.05, 0.1) is 18.1 Å². The number of esters is 2. The van der Waals surface area contributed by atoms with Crippen molar-refractivity contribution in [3.05, 3.63) is 42.5 Å². The van der Waals surface area contributed by atoms with Crippen molar-refractivity contribution in [1.29, 1.82) is 0 Å². The first-order chi connectivity index (χ1) is 17.3. The summed E-state index contributed by atoms with van der Waals surface area (Å²) in [7, 11) is -3.97. The summed E-state index contributed by atoms with van der Waals surface area (Å²) >= 11 is 1.30. The first-order valence-electron chi connectivity index (χ1n) is 11.8. The van der Waals surface area contributed by atoms with E-state index in [1.54, 1.807) is 19.9 Å². The Balaban J connectivity index is 2.07. The number of nitrogen functional groups attached to an aromatic ring is 1. The standard InChI is InChI=1S/C25H33N4O6PS/c1-7-33-21(30)24(3,4)28-36(32,29-25(5,6)22(31)34-8-2)18-15-14-17(35-18)19-20(37-23(26)27-19)16-12-10-9-11-13-16/h9-15H,7-8H2,1-6H3,(H2,26,27)(H2,28,29,32). The van der Waals surface area contributed by atoms with Crippen LogP contribution in [0.2, 0.25) is 0 Å². The normalized spacial score (nSPS) is 12.4. The van der Waals surface area contributed by atoms with E-state index in [1.807, 2.05) is 30.3 Å². The minimum absolute atomic E-state index is 0.0113. The van der Waals surface area contributed by atoms with Gasteiger partial charge in [0.1, 0.15) is 16.8 Å². The average molecular weight is 549 g/mol. The molecule has 0 atom stereocenters. The van der Waals surface area contributed by atoms with Crippen LogP contribution in [0.4, 0.5) is 5.13 Å². The molecule has 37 heavy (non-hydrogen) atoms. The Morgan fingerprint density at radius 3 is 2.03 bits per heavy atom. The number of thiazole rings is 1. The predicted molar refractivity (Wildman–Crippen MR) is 145 cm³/mol. The lowest BCUT2D eigenvalue weighted by Gasteiger charge is -2.34. The molecule has 4 N–H and O–H groups in total. The van der Waals surface area contributed by atoms with Crippen molar-refractivity contribution in [3.8, 4) is 21.9 Å². The zero-order valence-electron chi connectivity index (χ0n) is 21.8. The number of aromatic nitrogens is 1. The molecule has 12 heteroatoms. The van der Waals surface area contributed by atoms with Crippen molar-refractivity contribution < 1.29 is 28.0 Å². The molecule has 0 saturated carbocycles. The van der Waals surface area contributed by atoms with E-state index in [1.165, 1.54) is 45.1 Å². The van der Waals surface area contributed by atoms with E-state index in [-0.39, 0.29) is 18.7 Å². The Morgan fingerprint density at radius 2 is 1.51 bits per heavy atom. The molecule has 0 saturated heterocycles. The monoisotopic (exact) mass is 548 g/mol. The number of ether oxygens (including phenoxy) is 2. The Hall–Kier alpha value is -2.98. The molecule has 3 rings (SSSR count). The first kappa shape index (κ1) is 28.6. The van der Waals surface area contributed by atoms with E-state index < -0.39 is 30.5 Å². The van der Waals surface area contributed by atoms with Gasteiger partial charge in [0.25, 0.3) is 7.44 Å². The number of rotatable bonds is 11. The minimum atomic E-state index is -3.97. The van der Waals surface area contributed by atoms with E-state index in [2.05, 4.69) is 15.2 Å². The Labute approximate surface area is 220 Å². The zero-order chi connectivity index (χ0) is 27.4. The van der Waals surface area contributed by atoms with Gasteiger partial charge in [-0.05, 0) is 59.2 Å². The second kappa shape index (κ2) is 11.2. The summed E-state index contributed by atoms with van der Waals surface area (Å²) in [5.41, 5.74) is 4.61. The van der Waals surface area contributed by atoms with Crippen molar-refractivity contribution in [2.75, 3.05) is 18.9 Å². The number of hydrogen-bond acceptors (Lipinski definition) is 9. The fourth-order valence-electron chi connectivity index (χ4n) is 3.55. The third kappa shape index (κ3) is 6.48. The molecule has 3 aromatic rings. The predicted octanol–water partition coefficient (Wildman–Crippen LogP) is 4.33. The molecule has 0 aliphatic carbocycles. The summed E-state index contributed by atoms with van der Waals surface area (Å²) in [6, 6.07) is 12.7. The van der Waals surface area contributed by atoms with Crippen LogP contribution in [0.25, 0.3) is 21.9 Å². The topological polar surface area (TPSA) is 146 Å². The van der Waals surface area contributed by atoms with Crippen LogP contribution in [0.3, 0.4) is 0 Å². The lowest BCUT2D eigenvalue weighted by atomic mass is 10.1. The number of carbonyl (C=O) groups is 2. The molecule has 0 aliphatic heterocycles. The summed E-state index contributed by atoms with van der Waals surface area (Å²) in [6.07, 6.45) is 0. The van der Waals surface area contributed by atoms with Gasteiger partial charge >= 0.3 is 11.9 Å². The van der Waals surface area contributed by atoms with Crippen molar-refractivity contribution >= 4 is 41.4 Å². The van der Waals surface area contributed by atoms with E-state index in [0.29, 0.717) is 16.6 Å².